The van der Waals surface area contributed by atoms with Crippen LogP contribution >= 0.6 is 12.6 Å². The maximum absolute atomic E-state index is 11.4. The molecule has 1 saturated carbocycles. The van der Waals surface area contributed by atoms with E-state index in [9.17, 15) is 4.79 Å². The molecule has 3 heteroatoms. The first-order chi connectivity index (χ1) is 6.00. The number of hydrogen-bond acceptors (Lipinski definition) is 2. The number of hydrogen-bond donors (Lipinski definition) is 0. The van der Waals surface area contributed by atoms with Gasteiger partial charge >= 0.3 is 5.97 Å². The molecule has 1 aliphatic rings. The minimum atomic E-state index is -0.766. The van der Waals surface area contributed by atoms with Gasteiger partial charge in [0.05, 0.1) is 0 Å². The quantitative estimate of drug-likeness (QED) is 0.642. The van der Waals surface area contributed by atoms with Gasteiger partial charge in [0.15, 0.2) is 0 Å². The summed E-state index contributed by atoms with van der Waals surface area (Å²) in [6, 6.07) is 0. The highest BCUT2D eigenvalue weighted by Gasteiger charge is 2.28. The third kappa shape index (κ3) is 3.59. The molecule has 0 aliphatic heterocycles. The van der Waals surface area contributed by atoms with Gasteiger partial charge in [-0.25, -0.2) is 0 Å². The van der Waals surface area contributed by atoms with E-state index in [0.717, 1.165) is 12.8 Å². The van der Waals surface area contributed by atoms with Crippen LogP contribution < -0.4 is 0 Å². The molecule has 0 saturated heterocycles. The van der Waals surface area contributed by atoms with Crippen molar-refractivity contribution in [2.45, 2.75) is 56.8 Å². The first-order valence-electron chi connectivity index (χ1n) is 4.91. The molecule has 1 fully saturated rings. The average Bonchev–Trinajstić information content (AvgIpc) is 2.04. The van der Waals surface area contributed by atoms with Gasteiger partial charge in [0.25, 0.3) is 0 Å². The average molecular weight is 201 g/mol. The van der Waals surface area contributed by atoms with Gasteiger partial charge < -0.3 is 4.74 Å². The molecule has 0 spiro atoms. The van der Waals surface area contributed by atoms with Crippen LogP contribution in [0.1, 0.15) is 46.0 Å². The van der Waals surface area contributed by atoms with E-state index in [-0.39, 0.29) is 12.1 Å². The van der Waals surface area contributed by atoms with Crippen LogP contribution in [-0.4, -0.2) is 16.8 Å². The second kappa shape index (κ2) is 4.36. The molecule has 0 aromatic rings. The molecule has 75 valence electrons. The minimum Gasteiger partial charge on any atom is -0.461 e. The summed E-state index contributed by atoms with van der Waals surface area (Å²) in [7, 11) is 0. The fourth-order valence-corrected chi connectivity index (χ4v) is 1.52. The van der Waals surface area contributed by atoms with E-state index in [0.29, 0.717) is 0 Å². The van der Waals surface area contributed by atoms with Crippen LogP contribution in [0.25, 0.3) is 0 Å². The molecule has 0 bridgehead atoms. The van der Waals surface area contributed by atoms with Crippen LogP contribution in [0.4, 0.5) is 0 Å². The van der Waals surface area contributed by atoms with Crippen LogP contribution in [0.5, 0.6) is 0 Å². The second-order valence-electron chi connectivity index (χ2n) is 4.18. The molecule has 0 heterocycles. The number of ether oxygens (including phenoxy) is 1. The number of rotatable bonds is 2. The van der Waals surface area contributed by atoms with E-state index in [1.54, 1.807) is 13.8 Å². The molecule has 0 N–H and O–H groups in total. The van der Waals surface area contributed by atoms with Gasteiger partial charge in [-0.2, -0.15) is 0 Å². The van der Waals surface area contributed by atoms with Crippen molar-refractivity contribution in [3.63, 3.8) is 0 Å². The Labute approximate surface area is 85.4 Å². The Morgan fingerprint density at radius 2 is 1.85 bits per heavy atom. The van der Waals surface area contributed by atoms with E-state index < -0.39 is 4.75 Å². The SMILES string of the molecule is CC(C)([S])C(=O)OC1CCCCC1. The smallest absolute Gasteiger partial charge is 0.322 e. The Kier molecular flexibility index (Phi) is 3.65. The van der Waals surface area contributed by atoms with E-state index >= 15 is 0 Å². The molecule has 0 unspecified atom stereocenters. The van der Waals surface area contributed by atoms with Gasteiger partial charge in [-0.05, 0) is 39.5 Å². The van der Waals surface area contributed by atoms with Crippen molar-refractivity contribution in [2.75, 3.05) is 0 Å². The fourth-order valence-electron chi connectivity index (χ4n) is 1.48. The largest absolute Gasteiger partial charge is 0.461 e. The predicted octanol–water partition coefficient (Wildman–Crippen LogP) is 2.84. The Hall–Kier alpha value is -0.180. The topological polar surface area (TPSA) is 26.3 Å². The van der Waals surface area contributed by atoms with Gasteiger partial charge in [-0.1, -0.05) is 19.0 Å². The summed E-state index contributed by atoms with van der Waals surface area (Å²) >= 11 is 5.00. The van der Waals surface area contributed by atoms with E-state index in [4.69, 9.17) is 17.4 Å². The molecule has 0 atom stereocenters. The summed E-state index contributed by atoms with van der Waals surface area (Å²) in [5.41, 5.74) is 0. The molecule has 0 aromatic carbocycles. The van der Waals surface area contributed by atoms with Crippen LogP contribution in [0.2, 0.25) is 0 Å². The molecule has 0 amide bonds. The maximum atomic E-state index is 11.4. The lowest BCUT2D eigenvalue weighted by Crippen LogP contribution is -2.32. The lowest BCUT2D eigenvalue weighted by atomic mass is 9.98. The fraction of sp³-hybridized carbons (Fsp3) is 0.900. The Balaban J connectivity index is 2.35. The zero-order valence-corrected chi connectivity index (χ0v) is 9.15. The maximum Gasteiger partial charge on any atom is 0.322 e. The summed E-state index contributed by atoms with van der Waals surface area (Å²) in [6.07, 6.45) is 5.77. The van der Waals surface area contributed by atoms with Crippen LogP contribution in [0.3, 0.4) is 0 Å². The summed E-state index contributed by atoms with van der Waals surface area (Å²) in [6.45, 7) is 3.43. The highest BCUT2D eigenvalue weighted by atomic mass is 32.1. The van der Waals surface area contributed by atoms with E-state index in [1.165, 1.54) is 19.3 Å². The minimum absolute atomic E-state index is 0.128. The monoisotopic (exact) mass is 201 g/mol. The highest BCUT2D eigenvalue weighted by molar-refractivity contribution is 7.82. The van der Waals surface area contributed by atoms with Crippen LogP contribution in [-0.2, 0) is 9.53 Å². The zero-order valence-electron chi connectivity index (χ0n) is 8.34. The van der Waals surface area contributed by atoms with Crippen molar-refractivity contribution >= 4 is 18.6 Å². The predicted molar refractivity (Wildman–Crippen MR) is 54.6 cm³/mol. The molecule has 1 aliphatic carbocycles. The van der Waals surface area contributed by atoms with Crippen LogP contribution in [0.15, 0.2) is 0 Å². The van der Waals surface area contributed by atoms with Crippen molar-refractivity contribution in [2.24, 2.45) is 0 Å². The van der Waals surface area contributed by atoms with Crippen molar-refractivity contribution in [3.05, 3.63) is 0 Å². The molecular formula is C10H17O2S. The molecular weight excluding hydrogens is 184 g/mol. The summed E-state index contributed by atoms with van der Waals surface area (Å²) in [5.74, 6) is -0.241. The molecule has 13 heavy (non-hydrogen) atoms. The normalized spacial score (nSPS) is 19.9. The van der Waals surface area contributed by atoms with Crippen molar-refractivity contribution < 1.29 is 9.53 Å². The van der Waals surface area contributed by atoms with Crippen molar-refractivity contribution in [3.8, 4) is 0 Å². The standard InChI is InChI=1S/C10H17O2S/c1-10(2,13)9(11)12-8-6-4-3-5-7-8/h8H,3-7H2,1-2H3. The van der Waals surface area contributed by atoms with Gasteiger partial charge in [0, 0.05) is 0 Å². The Morgan fingerprint density at radius 1 is 1.31 bits per heavy atom. The third-order valence-electron chi connectivity index (χ3n) is 2.32. The summed E-state index contributed by atoms with van der Waals surface area (Å²) < 4.78 is 4.55. The van der Waals surface area contributed by atoms with E-state index in [2.05, 4.69) is 0 Å². The lowest BCUT2D eigenvalue weighted by Gasteiger charge is -2.25. The van der Waals surface area contributed by atoms with Gasteiger partial charge in [-0.3, -0.25) is 4.79 Å². The summed E-state index contributed by atoms with van der Waals surface area (Å²) in [5, 5.41) is 0. The lowest BCUT2D eigenvalue weighted by molar-refractivity contribution is -0.152. The Bertz CT molecular complexity index is 178. The van der Waals surface area contributed by atoms with Crippen molar-refractivity contribution in [1.82, 2.24) is 0 Å². The van der Waals surface area contributed by atoms with Gasteiger partial charge in [0.1, 0.15) is 10.9 Å². The molecule has 2 nitrogen and oxygen atoms in total. The first-order valence-corrected chi connectivity index (χ1v) is 5.32. The Morgan fingerprint density at radius 3 is 2.31 bits per heavy atom. The molecule has 1 radical (unpaired) electrons. The van der Waals surface area contributed by atoms with Gasteiger partial charge in [0.2, 0.25) is 0 Å². The zero-order chi connectivity index (χ0) is 9.90. The number of esters is 1. The van der Waals surface area contributed by atoms with E-state index in [1.807, 2.05) is 0 Å². The second-order valence-corrected chi connectivity index (χ2v) is 5.20. The number of carbonyl (C=O) groups excluding carboxylic acids is 1. The van der Waals surface area contributed by atoms with Crippen molar-refractivity contribution in [1.29, 1.82) is 0 Å². The highest BCUT2D eigenvalue weighted by Crippen LogP contribution is 2.23. The number of carbonyl (C=O) groups is 1. The van der Waals surface area contributed by atoms with Gasteiger partial charge in [-0.15, -0.1) is 0 Å². The summed E-state index contributed by atoms with van der Waals surface area (Å²) in [4.78, 5) is 11.4. The molecule has 0 aromatic heterocycles. The van der Waals surface area contributed by atoms with Crippen LogP contribution in [0, 0.1) is 0 Å². The third-order valence-corrected chi connectivity index (χ3v) is 2.48. The molecule has 1 rings (SSSR count). The first kappa shape index (κ1) is 10.9.